The molecule has 1 N–H and O–H groups in total. The minimum Gasteiger partial charge on any atom is -0.460 e. The summed E-state index contributed by atoms with van der Waals surface area (Å²) in [7, 11) is 2.09. The van der Waals surface area contributed by atoms with Crippen LogP contribution in [0.25, 0.3) is 17.0 Å². The first kappa shape index (κ1) is 15.8. The fourth-order valence-corrected chi connectivity index (χ4v) is 2.83. The van der Waals surface area contributed by atoms with Crippen molar-refractivity contribution in [3.63, 3.8) is 0 Å². The van der Waals surface area contributed by atoms with Crippen molar-refractivity contribution in [2.45, 2.75) is 13.3 Å². The van der Waals surface area contributed by atoms with Gasteiger partial charge in [0.1, 0.15) is 11.3 Å². The number of hydrazine groups is 1. The first-order chi connectivity index (χ1) is 11.2. The van der Waals surface area contributed by atoms with E-state index in [1.807, 2.05) is 35.4 Å². The van der Waals surface area contributed by atoms with Crippen LogP contribution in [0.3, 0.4) is 0 Å². The van der Waals surface area contributed by atoms with Gasteiger partial charge in [0.2, 0.25) is 0 Å². The maximum absolute atomic E-state index is 12.1. The number of rotatable bonds is 4. The van der Waals surface area contributed by atoms with Crippen molar-refractivity contribution in [2.75, 3.05) is 33.2 Å². The van der Waals surface area contributed by atoms with Gasteiger partial charge in [-0.25, -0.2) is 5.01 Å². The SMILES string of the molecule is CCc1oc2ccccc2c1/C=C/C(=O)NN1CCN(C)CC1. The highest BCUT2D eigenvalue weighted by atomic mass is 16.3. The number of aryl methyl sites for hydroxylation is 1. The van der Waals surface area contributed by atoms with Crippen LogP contribution in [-0.4, -0.2) is 49.0 Å². The molecule has 0 unspecified atom stereocenters. The average molecular weight is 313 g/mol. The van der Waals surface area contributed by atoms with E-state index in [2.05, 4.69) is 24.3 Å². The molecule has 2 aromatic rings. The number of hydrogen-bond acceptors (Lipinski definition) is 4. The maximum Gasteiger partial charge on any atom is 0.258 e. The number of fused-ring (bicyclic) bond motifs is 1. The van der Waals surface area contributed by atoms with Crippen LogP contribution in [0.5, 0.6) is 0 Å². The summed E-state index contributed by atoms with van der Waals surface area (Å²) in [4.78, 5) is 14.4. The Morgan fingerprint density at radius 1 is 1.26 bits per heavy atom. The van der Waals surface area contributed by atoms with Gasteiger partial charge >= 0.3 is 0 Å². The van der Waals surface area contributed by atoms with E-state index in [0.29, 0.717) is 0 Å². The standard InChI is InChI=1S/C18H23N3O2/c1-3-16-15(14-6-4-5-7-17(14)23-16)8-9-18(22)19-21-12-10-20(2)11-13-21/h4-9H,3,10-13H2,1-2H3,(H,19,22)/b9-8+. The molecule has 0 atom stereocenters. The summed E-state index contributed by atoms with van der Waals surface area (Å²) in [5.74, 6) is 0.816. The van der Waals surface area contributed by atoms with Crippen LogP contribution in [0.2, 0.25) is 0 Å². The number of carbonyl (C=O) groups excluding carboxylic acids is 1. The Kier molecular flexibility index (Phi) is 4.79. The van der Waals surface area contributed by atoms with Gasteiger partial charge in [0.15, 0.2) is 0 Å². The molecule has 5 heteroatoms. The quantitative estimate of drug-likeness (QED) is 0.880. The molecular formula is C18H23N3O2. The van der Waals surface area contributed by atoms with E-state index in [4.69, 9.17) is 4.42 Å². The Morgan fingerprint density at radius 3 is 2.74 bits per heavy atom. The molecule has 23 heavy (non-hydrogen) atoms. The summed E-state index contributed by atoms with van der Waals surface area (Å²) in [6.45, 7) is 5.70. The van der Waals surface area contributed by atoms with Crippen LogP contribution in [0.15, 0.2) is 34.8 Å². The highest BCUT2D eigenvalue weighted by Gasteiger charge is 2.15. The Morgan fingerprint density at radius 2 is 2.00 bits per heavy atom. The zero-order chi connectivity index (χ0) is 16.2. The summed E-state index contributed by atoms with van der Waals surface area (Å²) in [5, 5.41) is 3.02. The molecule has 1 fully saturated rings. The molecule has 3 rings (SSSR count). The minimum atomic E-state index is -0.0955. The summed E-state index contributed by atoms with van der Waals surface area (Å²) in [6.07, 6.45) is 4.25. The molecule has 0 radical (unpaired) electrons. The molecule has 0 bridgehead atoms. The number of nitrogens with one attached hydrogen (secondary N) is 1. The lowest BCUT2D eigenvalue weighted by Crippen LogP contribution is -2.52. The molecule has 1 amide bonds. The minimum absolute atomic E-state index is 0.0955. The topological polar surface area (TPSA) is 48.7 Å². The van der Waals surface area contributed by atoms with Gasteiger partial charge < -0.3 is 9.32 Å². The zero-order valence-corrected chi connectivity index (χ0v) is 13.7. The molecule has 1 aliphatic heterocycles. The molecule has 5 nitrogen and oxygen atoms in total. The molecule has 0 aliphatic carbocycles. The second-order valence-electron chi connectivity index (χ2n) is 5.89. The summed E-state index contributed by atoms with van der Waals surface area (Å²) < 4.78 is 5.84. The summed E-state index contributed by atoms with van der Waals surface area (Å²) in [5.41, 5.74) is 4.80. The van der Waals surface area contributed by atoms with E-state index in [1.54, 1.807) is 6.08 Å². The number of nitrogens with zero attached hydrogens (tertiary/aromatic N) is 2. The number of piperazine rings is 1. The van der Waals surface area contributed by atoms with Crippen LogP contribution in [-0.2, 0) is 11.2 Å². The van der Waals surface area contributed by atoms with Crippen molar-refractivity contribution in [3.05, 3.63) is 41.7 Å². The lowest BCUT2D eigenvalue weighted by atomic mass is 10.1. The fourth-order valence-electron chi connectivity index (χ4n) is 2.83. The van der Waals surface area contributed by atoms with Gasteiger partial charge in [0.05, 0.1) is 0 Å². The lowest BCUT2D eigenvalue weighted by molar-refractivity contribution is -0.121. The van der Waals surface area contributed by atoms with Gasteiger partial charge in [-0.1, -0.05) is 25.1 Å². The normalized spacial score (nSPS) is 17.1. The third-order valence-corrected chi connectivity index (χ3v) is 4.20. The third-order valence-electron chi connectivity index (χ3n) is 4.20. The van der Waals surface area contributed by atoms with Crippen LogP contribution < -0.4 is 5.43 Å². The van der Waals surface area contributed by atoms with E-state index in [0.717, 1.165) is 54.9 Å². The molecule has 0 saturated carbocycles. The number of likely N-dealkylation sites (N-methyl/N-ethyl adjacent to an activating group) is 1. The number of carbonyl (C=O) groups is 1. The van der Waals surface area contributed by atoms with Gasteiger partial charge in [0, 0.05) is 49.6 Å². The molecule has 1 aromatic heterocycles. The van der Waals surface area contributed by atoms with Crippen molar-refractivity contribution >= 4 is 23.0 Å². The van der Waals surface area contributed by atoms with Crippen LogP contribution in [0.1, 0.15) is 18.2 Å². The van der Waals surface area contributed by atoms with Gasteiger partial charge in [0.25, 0.3) is 5.91 Å². The highest BCUT2D eigenvalue weighted by Crippen LogP contribution is 2.27. The molecule has 1 aromatic carbocycles. The van der Waals surface area contributed by atoms with Crippen LogP contribution in [0, 0.1) is 0 Å². The monoisotopic (exact) mass is 313 g/mol. The largest absolute Gasteiger partial charge is 0.460 e. The lowest BCUT2D eigenvalue weighted by Gasteiger charge is -2.31. The van der Waals surface area contributed by atoms with E-state index in [9.17, 15) is 4.79 Å². The average Bonchev–Trinajstić information content (AvgIpc) is 2.93. The highest BCUT2D eigenvalue weighted by molar-refractivity contribution is 5.96. The van der Waals surface area contributed by atoms with E-state index in [-0.39, 0.29) is 5.91 Å². The Hall–Kier alpha value is -2.11. The predicted molar refractivity (Wildman–Crippen MR) is 91.8 cm³/mol. The van der Waals surface area contributed by atoms with Gasteiger partial charge in [-0.3, -0.25) is 10.2 Å². The smallest absolute Gasteiger partial charge is 0.258 e. The molecule has 1 saturated heterocycles. The van der Waals surface area contributed by atoms with Crippen molar-refractivity contribution in [1.82, 2.24) is 15.3 Å². The maximum atomic E-state index is 12.1. The van der Waals surface area contributed by atoms with Gasteiger partial charge in [-0.05, 0) is 19.2 Å². The Labute approximate surface area is 136 Å². The van der Waals surface area contributed by atoms with E-state index in [1.165, 1.54) is 0 Å². The molecule has 0 spiro atoms. The van der Waals surface area contributed by atoms with Crippen LogP contribution >= 0.6 is 0 Å². The first-order valence-corrected chi connectivity index (χ1v) is 8.10. The summed E-state index contributed by atoms with van der Waals surface area (Å²) in [6, 6.07) is 7.92. The number of furan rings is 1. The van der Waals surface area contributed by atoms with Crippen molar-refractivity contribution in [3.8, 4) is 0 Å². The van der Waals surface area contributed by atoms with E-state index >= 15 is 0 Å². The third kappa shape index (κ3) is 3.63. The molecule has 2 heterocycles. The summed E-state index contributed by atoms with van der Waals surface area (Å²) >= 11 is 0. The second-order valence-corrected chi connectivity index (χ2v) is 5.89. The zero-order valence-electron chi connectivity index (χ0n) is 13.7. The second kappa shape index (κ2) is 6.98. The van der Waals surface area contributed by atoms with Crippen molar-refractivity contribution in [1.29, 1.82) is 0 Å². The predicted octanol–water partition coefficient (Wildman–Crippen LogP) is 2.29. The Bertz CT molecular complexity index is 712. The van der Waals surface area contributed by atoms with Crippen molar-refractivity contribution in [2.24, 2.45) is 0 Å². The molecule has 1 aliphatic rings. The van der Waals surface area contributed by atoms with Gasteiger partial charge in [-0.2, -0.15) is 0 Å². The Balaban J connectivity index is 1.71. The van der Waals surface area contributed by atoms with E-state index < -0.39 is 0 Å². The number of amides is 1. The van der Waals surface area contributed by atoms with Crippen molar-refractivity contribution < 1.29 is 9.21 Å². The van der Waals surface area contributed by atoms with Gasteiger partial charge in [-0.15, -0.1) is 0 Å². The molecule has 122 valence electrons. The number of para-hydroxylation sites is 1. The first-order valence-electron chi connectivity index (χ1n) is 8.10. The fraction of sp³-hybridized carbons (Fsp3) is 0.389. The van der Waals surface area contributed by atoms with Crippen LogP contribution in [0.4, 0.5) is 0 Å². The molecular weight excluding hydrogens is 290 g/mol. The number of benzene rings is 1. The number of hydrogen-bond donors (Lipinski definition) is 1.